The molecule has 0 radical (unpaired) electrons. The van der Waals surface area contributed by atoms with E-state index in [-0.39, 0.29) is 16.6 Å². The van der Waals surface area contributed by atoms with E-state index in [0.29, 0.717) is 17.1 Å². The SMILES string of the molecule is CC1(C)CC(CN)(c2c(F)cccc2Cl)C1. The average molecular weight is 242 g/mol. The fourth-order valence-corrected chi connectivity index (χ4v) is 3.57. The van der Waals surface area contributed by atoms with Crippen LogP contribution in [-0.4, -0.2) is 6.54 Å². The Kier molecular flexibility index (Phi) is 2.75. The number of nitrogens with two attached hydrogens (primary N) is 1. The van der Waals surface area contributed by atoms with Crippen molar-refractivity contribution in [2.24, 2.45) is 11.1 Å². The lowest BCUT2D eigenvalue weighted by atomic mass is 9.52. The van der Waals surface area contributed by atoms with Crippen molar-refractivity contribution >= 4 is 11.6 Å². The Balaban J connectivity index is 2.43. The summed E-state index contributed by atoms with van der Waals surface area (Å²) in [5.41, 5.74) is 6.43. The van der Waals surface area contributed by atoms with E-state index in [1.54, 1.807) is 12.1 Å². The normalized spacial score (nSPS) is 21.6. The van der Waals surface area contributed by atoms with Gasteiger partial charge in [0.25, 0.3) is 0 Å². The molecule has 0 spiro atoms. The minimum absolute atomic E-state index is 0.228. The lowest BCUT2D eigenvalue weighted by molar-refractivity contribution is 0.0607. The number of hydrogen-bond acceptors (Lipinski definition) is 1. The molecule has 1 aromatic rings. The second-order valence-electron chi connectivity index (χ2n) is 5.60. The van der Waals surface area contributed by atoms with Crippen LogP contribution in [0.4, 0.5) is 4.39 Å². The second kappa shape index (κ2) is 3.71. The predicted molar refractivity (Wildman–Crippen MR) is 65.2 cm³/mol. The molecule has 2 rings (SSSR count). The zero-order valence-corrected chi connectivity index (χ0v) is 10.4. The number of benzene rings is 1. The summed E-state index contributed by atoms with van der Waals surface area (Å²) < 4.78 is 13.9. The van der Waals surface area contributed by atoms with Crippen molar-refractivity contribution in [2.75, 3.05) is 6.54 Å². The van der Waals surface area contributed by atoms with Gasteiger partial charge in [0.2, 0.25) is 0 Å². The van der Waals surface area contributed by atoms with Crippen LogP contribution in [0.15, 0.2) is 18.2 Å². The maximum Gasteiger partial charge on any atom is 0.128 e. The molecule has 0 saturated heterocycles. The van der Waals surface area contributed by atoms with Crippen LogP contribution in [-0.2, 0) is 5.41 Å². The summed E-state index contributed by atoms with van der Waals surface area (Å²) in [7, 11) is 0. The molecule has 0 unspecified atom stereocenters. The highest BCUT2D eigenvalue weighted by Gasteiger charge is 2.51. The Morgan fingerprint density at radius 2 is 2.00 bits per heavy atom. The standard InChI is InChI=1S/C13H17ClFN/c1-12(2)6-13(7-12,8-16)11-9(14)4-3-5-10(11)15/h3-5H,6-8,16H2,1-2H3. The lowest BCUT2D eigenvalue weighted by Gasteiger charge is -2.53. The maximum atomic E-state index is 13.9. The van der Waals surface area contributed by atoms with Gasteiger partial charge < -0.3 is 5.73 Å². The van der Waals surface area contributed by atoms with Crippen molar-refractivity contribution in [3.8, 4) is 0 Å². The molecule has 1 aromatic carbocycles. The van der Waals surface area contributed by atoms with E-state index in [1.807, 2.05) is 0 Å². The first-order valence-corrected chi connectivity index (χ1v) is 5.93. The van der Waals surface area contributed by atoms with Crippen LogP contribution in [0.5, 0.6) is 0 Å². The molecule has 1 aliphatic rings. The Morgan fingerprint density at radius 1 is 1.38 bits per heavy atom. The molecule has 0 heterocycles. The summed E-state index contributed by atoms with van der Waals surface area (Å²) in [4.78, 5) is 0. The Labute approximate surface area is 101 Å². The van der Waals surface area contributed by atoms with E-state index < -0.39 is 0 Å². The summed E-state index contributed by atoms with van der Waals surface area (Å²) in [6.45, 7) is 4.81. The quantitative estimate of drug-likeness (QED) is 0.843. The molecular weight excluding hydrogens is 225 g/mol. The minimum Gasteiger partial charge on any atom is -0.330 e. The van der Waals surface area contributed by atoms with Gasteiger partial charge in [-0.3, -0.25) is 0 Å². The van der Waals surface area contributed by atoms with E-state index in [9.17, 15) is 4.39 Å². The highest BCUT2D eigenvalue weighted by molar-refractivity contribution is 6.31. The molecule has 1 nitrogen and oxygen atoms in total. The van der Waals surface area contributed by atoms with Gasteiger partial charge in [0.05, 0.1) is 0 Å². The Bertz CT molecular complexity index is 386. The fourth-order valence-electron chi connectivity index (χ4n) is 3.21. The third-order valence-electron chi connectivity index (χ3n) is 3.52. The monoisotopic (exact) mass is 241 g/mol. The van der Waals surface area contributed by atoms with Crippen LogP contribution >= 0.6 is 11.6 Å². The summed E-state index contributed by atoms with van der Waals surface area (Å²) >= 11 is 6.10. The first-order chi connectivity index (χ1) is 7.40. The van der Waals surface area contributed by atoms with Gasteiger partial charge in [-0.15, -0.1) is 0 Å². The van der Waals surface area contributed by atoms with Gasteiger partial charge in [-0.2, -0.15) is 0 Å². The first-order valence-electron chi connectivity index (χ1n) is 5.55. The fraction of sp³-hybridized carbons (Fsp3) is 0.538. The van der Waals surface area contributed by atoms with Crippen LogP contribution in [0.3, 0.4) is 0 Å². The van der Waals surface area contributed by atoms with Gasteiger partial charge in [-0.25, -0.2) is 4.39 Å². The molecule has 1 saturated carbocycles. The van der Waals surface area contributed by atoms with E-state index >= 15 is 0 Å². The van der Waals surface area contributed by atoms with Crippen LogP contribution in [0, 0.1) is 11.2 Å². The number of hydrogen-bond donors (Lipinski definition) is 1. The molecule has 0 amide bonds. The van der Waals surface area contributed by atoms with E-state index in [4.69, 9.17) is 17.3 Å². The second-order valence-corrected chi connectivity index (χ2v) is 6.01. The highest BCUT2D eigenvalue weighted by atomic mass is 35.5. The lowest BCUT2D eigenvalue weighted by Crippen LogP contribution is -2.52. The first kappa shape index (κ1) is 11.9. The van der Waals surface area contributed by atoms with E-state index in [2.05, 4.69) is 13.8 Å². The third kappa shape index (κ3) is 1.74. The van der Waals surface area contributed by atoms with Gasteiger partial charge >= 0.3 is 0 Å². The minimum atomic E-state index is -0.258. The van der Waals surface area contributed by atoms with Crippen molar-refractivity contribution in [2.45, 2.75) is 32.1 Å². The van der Waals surface area contributed by atoms with E-state index in [1.165, 1.54) is 6.07 Å². The van der Waals surface area contributed by atoms with Gasteiger partial charge in [-0.05, 0) is 30.4 Å². The van der Waals surface area contributed by atoms with Crippen molar-refractivity contribution in [1.29, 1.82) is 0 Å². The van der Waals surface area contributed by atoms with Crippen molar-refractivity contribution in [3.63, 3.8) is 0 Å². The van der Waals surface area contributed by atoms with Gasteiger partial charge in [0.15, 0.2) is 0 Å². The molecule has 16 heavy (non-hydrogen) atoms. The van der Waals surface area contributed by atoms with E-state index in [0.717, 1.165) is 12.8 Å². The predicted octanol–water partition coefficient (Wildman–Crippen LogP) is 3.50. The molecule has 0 aliphatic heterocycles. The largest absolute Gasteiger partial charge is 0.330 e. The zero-order valence-electron chi connectivity index (χ0n) is 9.69. The summed E-state index contributed by atoms with van der Waals surface area (Å²) in [5.74, 6) is -0.228. The topological polar surface area (TPSA) is 26.0 Å². The van der Waals surface area contributed by atoms with Crippen LogP contribution in [0.1, 0.15) is 32.3 Å². The molecule has 0 aromatic heterocycles. The van der Waals surface area contributed by atoms with Crippen molar-refractivity contribution in [1.82, 2.24) is 0 Å². The molecule has 3 heteroatoms. The molecule has 1 aliphatic carbocycles. The summed E-state index contributed by atoms with van der Waals surface area (Å²) in [6.07, 6.45) is 1.80. The van der Waals surface area contributed by atoms with Crippen molar-refractivity contribution in [3.05, 3.63) is 34.6 Å². The molecule has 0 bridgehead atoms. The number of rotatable bonds is 2. The average Bonchev–Trinajstić information content (AvgIpc) is 2.13. The third-order valence-corrected chi connectivity index (χ3v) is 3.83. The van der Waals surface area contributed by atoms with Gasteiger partial charge in [-0.1, -0.05) is 31.5 Å². The molecule has 1 fully saturated rings. The summed E-state index contributed by atoms with van der Waals surface area (Å²) in [5, 5.41) is 0.501. The highest BCUT2D eigenvalue weighted by Crippen LogP contribution is 2.56. The van der Waals surface area contributed by atoms with Crippen molar-refractivity contribution < 1.29 is 4.39 Å². The Hall–Kier alpha value is -0.600. The maximum absolute atomic E-state index is 13.9. The van der Waals surface area contributed by atoms with Gasteiger partial charge in [0, 0.05) is 22.5 Å². The van der Waals surface area contributed by atoms with Gasteiger partial charge in [0.1, 0.15) is 5.82 Å². The molecular formula is C13H17ClFN. The van der Waals surface area contributed by atoms with Crippen LogP contribution in [0.2, 0.25) is 5.02 Å². The molecule has 0 atom stereocenters. The van der Waals surface area contributed by atoms with Crippen LogP contribution < -0.4 is 5.73 Å². The number of halogens is 2. The van der Waals surface area contributed by atoms with Crippen LogP contribution in [0.25, 0.3) is 0 Å². The molecule has 2 N–H and O–H groups in total. The Morgan fingerprint density at radius 3 is 2.44 bits per heavy atom. The zero-order chi connectivity index (χ0) is 12.0. The summed E-state index contributed by atoms with van der Waals surface area (Å²) in [6, 6.07) is 4.84. The smallest absolute Gasteiger partial charge is 0.128 e. The molecule has 88 valence electrons.